The zero-order chi connectivity index (χ0) is 14.8. The summed E-state index contributed by atoms with van der Waals surface area (Å²) in [5, 5.41) is 0.170. The first-order valence-electron chi connectivity index (χ1n) is 7.72. The minimum absolute atomic E-state index is 0.141. The van der Waals surface area contributed by atoms with Gasteiger partial charge in [-0.1, -0.05) is 87.9 Å². The average molecular weight is 338 g/mol. The molecule has 0 N–H and O–H groups in total. The normalized spacial score (nSPS) is 11.2. The zero-order valence-electron chi connectivity index (χ0n) is 12.3. The monoisotopic (exact) mass is 337 g/mol. The number of halogens is 2. The Kier molecular flexibility index (Phi) is 9.66. The fourth-order valence-corrected chi connectivity index (χ4v) is 3.60. The molecule has 0 aliphatic rings. The second-order valence-electron chi connectivity index (χ2n) is 5.27. The highest BCUT2D eigenvalue weighted by atomic mass is 35.5. The molecular formula is C15H25Cl2NOS. The van der Waals surface area contributed by atoms with Gasteiger partial charge in [0.05, 0.1) is 0 Å². The Labute approximate surface area is 136 Å². The lowest BCUT2D eigenvalue weighted by Gasteiger charge is -2.02. The molecule has 0 amide bonds. The summed E-state index contributed by atoms with van der Waals surface area (Å²) < 4.78 is 2.07. The summed E-state index contributed by atoms with van der Waals surface area (Å²) in [6.07, 6.45) is 13.0. The summed E-state index contributed by atoms with van der Waals surface area (Å²) in [5.41, 5.74) is -0.141. The summed E-state index contributed by atoms with van der Waals surface area (Å²) in [6.45, 7) is 2.99. The third-order valence-corrected chi connectivity index (χ3v) is 5.38. The molecule has 0 fully saturated rings. The fourth-order valence-electron chi connectivity index (χ4n) is 2.26. The van der Waals surface area contributed by atoms with Crippen LogP contribution in [0.25, 0.3) is 0 Å². The van der Waals surface area contributed by atoms with Crippen LogP contribution in [-0.4, -0.2) is 3.96 Å². The smallest absolute Gasteiger partial charge is 0.267 e. The van der Waals surface area contributed by atoms with Crippen LogP contribution in [0.5, 0.6) is 0 Å². The van der Waals surface area contributed by atoms with Crippen molar-refractivity contribution in [3.8, 4) is 0 Å². The van der Waals surface area contributed by atoms with E-state index in [0.29, 0.717) is 4.34 Å². The van der Waals surface area contributed by atoms with Crippen molar-refractivity contribution in [2.24, 2.45) is 0 Å². The van der Waals surface area contributed by atoms with Gasteiger partial charge in [-0.05, 0) is 18.0 Å². The summed E-state index contributed by atoms with van der Waals surface area (Å²) in [6, 6.07) is 0. The van der Waals surface area contributed by atoms with E-state index in [9.17, 15) is 4.79 Å². The minimum atomic E-state index is -0.141. The molecule has 0 atom stereocenters. The summed E-state index contributed by atoms with van der Waals surface area (Å²) in [7, 11) is 0. The van der Waals surface area contributed by atoms with Crippen LogP contribution < -0.4 is 5.56 Å². The number of rotatable bonds is 11. The van der Waals surface area contributed by atoms with Gasteiger partial charge in [0.25, 0.3) is 5.56 Å². The molecule has 0 saturated carbocycles. The third kappa shape index (κ3) is 6.64. The van der Waals surface area contributed by atoms with Gasteiger partial charge in [-0.15, -0.1) is 0 Å². The van der Waals surface area contributed by atoms with Crippen molar-refractivity contribution in [1.82, 2.24) is 3.96 Å². The SMILES string of the molecule is CCCCCCCCCCCCn1sc(Cl)c(Cl)c1=O. The molecule has 0 aliphatic heterocycles. The second-order valence-corrected chi connectivity index (χ2v) is 7.28. The zero-order valence-corrected chi connectivity index (χ0v) is 14.6. The van der Waals surface area contributed by atoms with Gasteiger partial charge in [0, 0.05) is 6.54 Å². The van der Waals surface area contributed by atoms with Gasteiger partial charge in [0.15, 0.2) is 0 Å². The molecule has 116 valence electrons. The highest BCUT2D eigenvalue weighted by Gasteiger charge is 2.10. The van der Waals surface area contributed by atoms with Crippen LogP contribution in [0.3, 0.4) is 0 Å². The maximum atomic E-state index is 11.6. The molecule has 2 nitrogen and oxygen atoms in total. The van der Waals surface area contributed by atoms with Crippen molar-refractivity contribution in [3.63, 3.8) is 0 Å². The van der Waals surface area contributed by atoms with Crippen LogP contribution in [-0.2, 0) is 6.54 Å². The topological polar surface area (TPSA) is 22.0 Å². The minimum Gasteiger partial charge on any atom is -0.267 e. The largest absolute Gasteiger partial charge is 0.280 e. The predicted molar refractivity (Wildman–Crippen MR) is 90.4 cm³/mol. The number of hydrogen-bond donors (Lipinski definition) is 0. The number of aromatic nitrogens is 1. The van der Waals surface area contributed by atoms with Crippen molar-refractivity contribution in [2.75, 3.05) is 0 Å². The summed E-state index contributed by atoms with van der Waals surface area (Å²) in [5.74, 6) is 0. The molecule has 0 spiro atoms. The Morgan fingerprint density at radius 2 is 1.40 bits per heavy atom. The Morgan fingerprint density at radius 3 is 1.85 bits per heavy atom. The van der Waals surface area contributed by atoms with Crippen LogP contribution in [0.4, 0.5) is 0 Å². The van der Waals surface area contributed by atoms with Crippen molar-refractivity contribution >= 4 is 34.7 Å². The van der Waals surface area contributed by atoms with E-state index in [0.717, 1.165) is 13.0 Å². The molecule has 1 aromatic heterocycles. The van der Waals surface area contributed by atoms with Crippen LogP contribution in [0.2, 0.25) is 9.36 Å². The number of unbranched alkanes of at least 4 members (excludes halogenated alkanes) is 9. The Balaban J connectivity index is 2.00. The van der Waals surface area contributed by atoms with Crippen LogP contribution >= 0.6 is 34.7 Å². The van der Waals surface area contributed by atoms with Crippen molar-refractivity contribution in [2.45, 2.75) is 77.7 Å². The van der Waals surface area contributed by atoms with E-state index >= 15 is 0 Å². The molecule has 20 heavy (non-hydrogen) atoms. The van der Waals surface area contributed by atoms with Gasteiger partial charge in [0.2, 0.25) is 0 Å². The standard InChI is InChI=1S/C15H25Cl2NOS/c1-2-3-4-5-6-7-8-9-10-11-12-18-15(19)13(16)14(17)20-18/h2-12H2,1H3. The van der Waals surface area contributed by atoms with Crippen molar-refractivity contribution in [1.29, 1.82) is 0 Å². The van der Waals surface area contributed by atoms with Gasteiger partial charge in [-0.2, -0.15) is 0 Å². The number of aryl methyl sites for hydroxylation is 1. The molecule has 1 aromatic rings. The van der Waals surface area contributed by atoms with E-state index in [1.165, 1.54) is 69.3 Å². The fraction of sp³-hybridized carbons (Fsp3) is 0.800. The van der Waals surface area contributed by atoms with Gasteiger partial charge in [-0.3, -0.25) is 8.75 Å². The van der Waals surface area contributed by atoms with E-state index in [2.05, 4.69) is 6.92 Å². The maximum absolute atomic E-state index is 11.6. The van der Waals surface area contributed by atoms with E-state index in [4.69, 9.17) is 23.2 Å². The lowest BCUT2D eigenvalue weighted by atomic mass is 10.1. The first-order chi connectivity index (χ1) is 9.66. The van der Waals surface area contributed by atoms with Crippen LogP contribution in [0.1, 0.15) is 71.1 Å². The number of hydrogen-bond acceptors (Lipinski definition) is 2. The quantitative estimate of drug-likeness (QED) is 0.444. The van der Waals surface area contributed by atoms with E-state index in [1.54, 1.807) is 3.96 Å². The Morgan fingerprint density at radius 1 is 0.900 bits per heavy atom. The van der Waals surface area contributed by atoms with Crippen molar-refractivity contribution in [3.05, 3.63) is 19.7 Å². The van der Waals surface area contributed by atoms with E-state index < -0.39 is 0 Å². The molecule has 0 aliphatic carbocycles. The van der Waals surface area contributed by atoms with E-state index in [-0.39, 0.29) is 10.6 Å². The van der Waals surface area contributed by atoms with Crippen LogP contribution in [0.15, 0.2) is 4.79 Å². The second kappa shape index (κ2) is 10.7. The van der Waals surface area contributed by atoms with Crippen LogP contribution in [0, 0.1) is 0 Å². The lowest BCUT2D eigenvalue weighted by molar-refractivity contribution is 0.540. The first kappa shape index (κ1) is 18.1. The average Bonchev–Trinajstić information content (AvgIpc) is 2.68. The lowest BCUT2D eigenvalue weighted by Crippen LogP contribution is -2.13. The highest BCUT2D eigenvalue weighted by Crippen LogP contribution is 2.23. The molecule has 0 aromatic carbocycles. The van der Waals surface area contributed by atoms with Gasteiger partial charge in [-0.25, -0.2) is 0 Å². The molecule has 0 saturated heterocycles. The Hall–Kier alpha value is 0.01000. The van der Waals surface area contributed by atoms with E-state index in [1.807, 2.05) is 0 Å². The highest BCUT2D eigenvalue weighted by molar-refractivity contribution is 7.11. The third-order valence-electron chi connectivity index (χ3n) is 3.49. The van der Waals surface area contributed by atoms with Gasteiger partial charge in [0.1, 0.15) is 9.36 Å². The molecule has 0 radical (unpaired) electrons. The predicted octanol–water partition coefficient (Wildman–Crippen LogP) is 6.14. The first-order valence-corrected chi connectivity index (χ1v) is 9.25. The van der Waals surface area contributed by atoms with Crippen molar-refractivity contribution < 1.29 is 0 Å². The summed E-state index contributed by atoms with van der Waals surface area (Å²) >= 11 is 12.9. The molecule has 1 heterocycles. The Bertz CT molecular complexity index is 428. The summed E-state index contributed by atoms with van der Waals surface area (Å²) in [4.78, 5) is 11.6. The van der Waals surface area contributed by atoms with Gasteiger partial charge >= 0.3 is 0 Å². The van der Waals surface area contributed by atoms with Gasteiger partial charge < -0.3 is 0 Å². The molecule has 0 bridgehead atoms. The molecule has 0 unspecified atom stereocenters. The molecular weight excluding hydrogens is 313 g/mol. The maximum Gasteiger partial charge on any atom is 0.280 e. The molecule has 1 rings (SSSR count). The number of nitrogens with zero attached hydrogens (tertiary/aromatic N) is 1. The molecule has 5 heteroatoms.